The van der Waals surface area contributed by atoms with Crippen molar-refractivity contribution in [2.24, 2.45) is 0 Å². The van der Waals surface area contributed by atoms with Crippen molar-refractivity contribution in [2.75, 3.05) is 11.9 Å². The number of aromatic nitrogens is 1. The Morgan fingerprint density at radius 2 is 1.68 bits per heavy atom. The third kappa shape index (κ3) is 7.06. The number of carbonyl (C=O) groups is 2. The first-order valence-electron chi connectivity index (χ1n) is 13.1. The molecule has 0 amide bonds. The van der Waals surface area contributed by atoms with Crippen LogP contribution < -0.4 is 5.32 Å². The molecule has 4 rings (SSSR count). The van der Waals surface area contributed by atoms with Crippen molar-refractivity contribution in [3.8, 4) is 11.5 Å². The van der Waals surface area contributed by atoms with Crippen molar-refractivity contribution >= 4 is 28.5 Å². The topological polar surface area (TPSA) is 81.4 Å². The molecule has 37 heavy (non-hydrogen) atoms. The molecule has 0 saturated carbocycles. The number of oxazole rings is 1. The van der Waals surface area contributed by atoms with Crippen molar-refractivity contribution in [2.45, 2.75) is 58.4 Å². The number of ketones is 1. The molecule has 0 aliphatic carbocycles. The predicted molar refractivity (Wildman–Crippen MR) is 147 cm³/mol. The fraction of sp³-hybridized carbons (Fsp3) is 0.323. The number of ether oxygens (including phenoxy) is 1. The summed E-state index contributed by atoms with van der Waals surface area (Å²) in [6.45, 7) is 4.33. The van der Waals surface area contributed by atoms with Gasteiger partial charge in [0.25, 0.3) is 0 Å². The first kappa shape index (κ1) is 26.1. The molecule has 1 aromatic heterocycles. The van der Waals surface area contributed by atoms with Gasteiger partial charge in [-0.2, -0.15) is 0 Å². The van der Waals surface area contributed by atoms with Crippen LogP contribution in [-0.4, -0.2) is 23.3 Å². The summed E-state index contributed by atoms with van der Waals surface area (Å²) in [6.07, 6.45) is 4.30. The molecule has 1 N–H and O–H groups in total. The van der Waals surface area contributed by atoms with Gasteiger partial charge in [0.1, 0.15) is 5.52 Å². The van der Waals surface area contributed by atoms with Crippen LogP contribution in [0.15, 0.2) is 77.2 Å². The predicted octanol–water partition coefficient (Wildman–Crippen LogP) is 7.75. The second-order valence-electron chi connectivity index (χ2n) is 9.11. The van der Waals surface area contributed by atoms with E-state index in [1.165, 1.54) is 5.56 Å². The van der Waals surface area contributed by atoms with Crippen LogP contribution in [0.25, 0.3) is 22.6 Å². The fourth-order valence-corrected chi connectivity index (χ4v) is 4.31. The highest BCUT2D eigenvalue weighted by Crippen LogP contribution is 2.29. The number of hydrogen-bond donors (Lipinski definition) is 1. The molecule has 3 aromatic carbocycles. The molecular formula is C31H34N2O4. The number of esters is 1. The quantitative estimate of drug-likeness (QED) is 0.150. The minimum absolute atomic E-state index is 0.0353. The molecule has 6 nitrogen and oxygen atoms in total. The van der Waals surface area contributed by atoms with Crippen molar-refractivity contribution in [3.63, 3.8) is 0 Å². The number of anilines is 1. The average Bonchev–Trinajstić information content (AvgIpc) is 3.36. The van der Waals surface area contributed by atoms with Crippen LogP contribution in [0.1, 0.15) is 74.3 Å². The van der Waals surface area contributed by atoms with Gasteiger partial charge >= 0.3 is 5.97 Å². The monoisotopic (exact) mass is 498 g/mol. The van der Waals surface area contributed by atoms with Crippen LogP contribution in [-0.2, 0) is 9.53 Å². The summed E-state index contributed by atoms with van der Waals surface area (Å²) >= 11 is 0. The van der Waals surface area contributed by atoms with Crippen LogP contribution in [0.4, 0.5) is 5.69 Å². The van der Waals surface area contributed by atoms with Gasteiger partial charge < -0.3 is 14.5 Å². The number of hydrogen-bond acceptors (Lipinski definition) is 6. The molecule has 0 unspecified atom stereocenters. The van der Waals surface area contributed by atoms with Gasteiger partial charge in [-0.1, -0.05) is 44.0 Å². The molecule has 4 aromatic rings. The number of carbonyl (C=O) groups excluding carboxylic acids is 2. The molecule has 6 heteroatoms. The van der Waals surface area contributed by atoms with E-state index in [-0.39, 0.29) is 24.2 Å². The smallest absolute Gasteiger partial charge is 0.305 e. The Labute approximate surface area is 218 Å². The Kier molecular flexibility index (Phi) is 9.08. The van der Waals surface area contributed by atoms with Crippen molar-refractivity contribution in [1.29, 1.82) is 0 Å². The van der Waals surface area contributed by atoms with E-state index in [2.05, 4.69) is 41.5 Å². The van der Waals surface area contributed by atoms with E-state index in [0.717, 1.165) is 41.6 Å². The summed E-state index contributed by atoms with van der Waals surface area (Å²) in [4.78, 5) is 28.6. The number of benzene rings is 3. The van der Waals surface area contributed by atoms with Gasteiger partial charge in [0.05, 0.1) is 12.6 Å². The summed E-state index contributed by atoms with van der Waals surface area (Å²) < 4.78 is 10.8. The van der Waals surface area contributed by atoms with E-state index in [1.807, 2.05) is 48.5 Å². The summed E-state index contributed by atoms with van der Waals surface area (Å²) in [7, 11) is 0. The zero-order chi connectivity index (χ0) is 26.0. The molecule has 1 atom stereocenters. The lowest BCUT2D eigenvalue weighted by Gasteiger charge is -2.21. The molecular weight excluding hydrogens is 464 g/mol. The average molecular weight is 499 g/mol. The molecule has 0 aliphatic heterocycles. The lowest BCUT2D eigenvalue weighted by Crippen LogP contribution is -2.11. The van der Waals surface area contributed by atoms with Crippen molar-refractivity contribution < 1.29 is 18.7 Å². The Morgan fingerprint density at radius 1 is 0.919 bits per heavy atom. The zero-order valence-corrected chi connectivity index (χ0v) is 21.5. The van der Waals surface area contributed by atoms with Gasteiger partial charge in [-0.25, -0.2) is 4.98 Å². The molecule has 192 valence electrons. The maximum Gasteiger partial charge on any atom is 0.305 e. The van der Waals surface area contributed by atoms with Crippen molar-refractivity contribution in [3.05, 3.63) is 83.9 Å². The normalized spacial score (nSPS) is 11.8. The van der Waals surface area contributed by atoms with E-state index in [9.17, 15) is 9.59 Å². The maximum atomic E-state index is 12.5. The lowest BCUT2D eigenvalue weighted by atomic mass is 9.99. The molecule has 1 heterocycles. The van der Waals surface area contributed by atoms with Crippen LogP contribution in [0.2, 0.25) is 0 Å². The number of Topliss-reactive ketones (excluding diaryl/α,β-unsaturated/α-hetero) is 1. The number of para-hydroxylation sites is 2. The Morgan fingerprint density at radius 3 is 2.38 bits per heavy atom. The molecule has 0 aliphatic rings. The first-order chi connectivity index (χ1) is 18.1. The Bertz CT molecular complexity index is 1280. The molecule has 0 fully saturated rings. The lowest BCUT2D eigenvalue weighted by molar-refractivity contribution is -0.143. The minimum atomic E-state index is -0.255. The van der Waals surface area contributed by atoms with Crippen molar-refractivity contribution in [1.82, 2.24) is 4.98 Å². The van der Waals surface area contributed by atoms with E-state index >= 15 is 0 Å². The molecule has 0 spiro atoms. The van der Waals surface area contributed by atoms with Gasteiger partial charge in [-0.15, -0.1) is 0 Å². The van der Waals surface area contributed by atoms with Gasteiger partial charge in [0.15, 0.2) is 11.4 Å². The van der Waals surface area contributed by atoms with E-state index < -0.39 is 0 Å². The van der Waals surface area contributed by atoms with Crippen LogP contribution in [0.5, 0.6) is 0 Å². The van der Waals surface area contributed by atoms with E-state index in [1.54, 1.807) is 6.92 Å². The fourth-order valence-electron chi connectivity index (χ4n) is 4.31. The Hall–Kier alpha value is -3.93. The number of nitrogens with zero attached hydrogens (tertiary/aromatic N) is 1. The standard InChI is InChI=1S/C31H34N2O4/c1-3-5-9-26(22-14-16-24(17-15-22)31-33-27-10-6-7-12-29(27)37-31)32-25-20-18-23(19-21-25)28(34)11-8-13-30(35)36-4-2/h6-7,10,12,14-21,26,32H,3-5,8-9,11,13H2,1-2H3/t26-/m1/s1. The largest absolute Gasteiger partial charge is 0.466 e. The van der Waals surface area contributed by atoms with Crippen LogP contribution in [0, 0.1) is 0 Å². The van der Waals surface area contributed by atoms with Gasteiger partial charge in [-0.3, -0.25) is 9.59 Å². The van der Waals surface area contributed by atoms with E-state index in [4.69, 9.17) is 9.15 Å². The zero-order valence-electron chi connectivity index (χ0n) is 21.5. The van der Waals surface area contributed by atoms with Gasteiger partial charge in [-0.05, 0) is 73.9 Å². The third-order valence-electron chi connectivity index (χ3n) is 6.34. The van der Waals surface area contributed by atoms with Gasteiger partial charge in [0.2, 0.25) is 5.89 Å². The van der Waals surface area contributed by atoms with Crippen LogP contribution >= 0.6 is 0 Å². The Balaban J connectivity index is 1.40. The third-order valence-corrected chi connectivity index (χ3v) is 6.34. The number of unbranched alkanes of at least 4 members (excludes halogenated alkanes) is 1. The summed E-state index contributed by atoms with van der Waals surface area (Å²) in [5, 5.41) is 3.64. The second kappa shape index (κ2) is 12.9. The van der Waals surface area contributed by atoms with Gasteiger partial charge in [0, 0.05) is 29.7 Å². The SMILES string of the molecule is CCCC[C@@H](Nc1ccc(C(=O)CCCC(=O)OCC)cc1)c1ccc(-c2nc3ccccc3o2)cc1. The molecule has 0 bridgehead atoms. The highest BCUT2D eigenvalue weighted by molar-refractivity contribution is 5.96. The minimum Gasteiger partial charge on any atom is -0.466 e. The maximum absolute atomic E-state index is 12.5. The first-order valence-corrected chi connectivity index (χ1v) is 13.1. The highest BCUT2D eigenvalue weighted by atomic mass is 16.5. The molecule has 0 radical (unpaired) electrons. The summed E-state index contributed by atoms with van der Waals surface area (Å²) in [5.74, 6) is 0.399. The van der Waals surface area contributed by atoms with Crippen LogP contribution in [0.3, 0.4) is 0 Å². The second-order valence-corrected chi connectivity index (χ2v) is 9.11. The number of fused-ring (bicyclic) bond motifs is 1. The summed E-state index contributed by atoms with van der Waals surface area (Å²) in [6, 6.07) is 23.9. The summed E-state index contributed by atoms with van der Waals surface area (Å²) in [5.41, 5.74) is 5.39. The van der Waals surface area contributed by atoms with E-state index in [0.29, 0.717) is 30.9 Å². The highest BCUT2D eigenvalue weighted by Gasteiger charge is 2.14. The number of nitrogens with one attached hydrogen (secondary N) is 1. The number of rotatable bonds is 13. The molecule has 0 saturated heterocycles.